The molecule has 23 heavy (non-hydrogen) atoms. The van der Waals surface area contributed by atoms with Gasteiger partial charge in [-0.25, -0.2) is 9.37 Å². The van der Waals surface area contributed by atoms with Gasteiger partial charge in [-0.15, -0.1) is 0 Å². The van der Waals surface area contributed by atoms with E-state index in [0.717, 1.165) is 16.6 Å². The minimum Gasteiger partial charge on any atom is -0.356 e. The minimum atomic E-state index is -0.275. The topological polar surface area (TPSA) is 80.5 Å². The predicted molar refractivity (Wildman–Crippen MR) is 81.1 cm³/mol. The molecule has 0 amide bonds. The van der Waals surface area contributed by atoms with Crippen LogP contribution in [0.15, 0.2) is 41.3 Å². The molecule has 0 spiro atoms. The van der Waals surface area contributed by atoms with E-state index in [1.165, 1.54) is 6.07 Å². The smallest absolute Gasteiger partial charge is 0.231 e. The number of benzene rings is 1. The third kappa shape index (κ3) is 2.36. The molecule has 0 saturated carbocycles. The van der Waals surface area contributed by atoms with Crippen molar-refractivity contribution in [2.24, 2.45) is 0 Å². The zero-order valence-corrected chi connectivity index (χ0v) is 12.2. The van der Waals surface area contributed by atoms with Gasteiger partial charge in [0.2, 0.25) is 11.7 Å². The lowest BCUT2D eigenvalue weighted by molar-refractivity contribution is 0.385. The van der Waals surface area contributed by atoms with Gasteiger partial charge in [0.25, 0.3) is 0 Å². The third-order valence-corrected chi connectivity index (χ3v) is 3.69. The van der Waals surface area contributed by atoms with Gasteiger partial charge in [0, 0.05) is 23.5 Å². The summed E-state index contributed by atoms with van der Waals surface area (Å²) < 4.78 is 19.1. The first-order valence-electron chi connectivity index (χ1n) is 7.07. The Morgan fingerprint density at radius 2 is 2.17 bits per heavy atom. The summed E-state index contributed by atoms with van der Waals surface area (Å²) in [5.41, 5.74) is 2.86. The molecule has 114 valence electrons. The number of para-hydroxylation sites is 1. The SMILES string of the molecule is Cc1[nH]c2c(F)cccc2c1Cc1nc(-c2cnccn2)no1. The minimum absolute atomic E-state index is 0.275. The summed E-state index contributed by atoms with van der Waals surface area (Å²) >= 11 is 0. The summed E-state index contributed by atoms with van der Waals surface area (Å²) in [6, 6.07) is 4.99. The summed E-state index contributed by atoms with van der Waals surface area (Å²) in [5.74, 6) is 0.554. The van der Waals surface area contributed by atoms with Crippen LogP contribution in [0.2, 0.25) is 0 Å². The molecule has 0 fully saturated rings. The average molecular weight is 309 g/mol. The maximum absolute atomic E-state index is 13.8. The Hall–Kier alpha value is -3.09. The van der Waals surface area contributed by atoms with Crippen molar-refractivity contribution >= 4 is 10.9 Å². The molecule has 1 aromatic carbocycles. The zero-order chi connectivity index (χ0) is 15.8. The van der Waals surface area contributed by atoms with Gasteiger partial charge in [-0.3, -0.25) is 4.98 Å². The van der Waals surface area contributed by atoms with Crippen LogP contribution >= 0.6 is 0 Å². The van der Waals surface area contributed by atoms with Crippen molar-refractivity contribution in [2.45, 2.75) is 13.3 Å². The van der Waals surface area contributed by atoms with Gasteiger partial charge < -0.3 is 9.51 Å². The molecule has 3 heterocycles. The molecule has 0 atom stereocenters. The van der Waals surface area contributed by atoms with Crippen LogP contribution in [0.25, 0.3) is 22.4 Å². The Balaban J connectivity index is 1.71. The zero-order valence-electron chi connectivity index (χ0n) is 12.2. The number of halogens is 1. The van der Waals surface area contributed by atoms with E-state index in [4.69, 9.17) is 4.52 Å². The third-order valence-electron chi connectivity index (χ3n) is 3.69. The van der Waals surface area contributed by atoms with E-state index < -0.39 is 0 Å². The van der Waals surface area contributed by atoms with Crippen LogP contribution in [0.3, 0.4) is 0 Å². The number of nitrogens with zero attached hydrogens (tertiary/aromatic N) is 4. The highest BCUT2D eigenvalue weighted by atomic mass is 19.1. The van der Waals surface area contributed by atoms with Crippen molar-refractivity contribution < 1.29 is 8.91 Å². The lowest BCUT2D eigenvalue weighted by Gasteiger charge is -1.97. The van der Waals surface area contributed by atoms with Gasteiger partial charge in [0.15, 0.2) is 0 Å². The maximum atomic E-state index is 13.8. The van der Waals surface area contributed by atoms with E-state index in [9.17, 15) is 4.39 Å². The van der Waals surface area contributed by atoms with Crippen molar-refractivity contribution in [1.29, 1.82) is 0 Å². The first-order valence-corrected chi connectivity index (χ1v) is 7.07. The largest absolute Gasteiger partial charge is 0.356 e. The molecule has 3 aromatic heterocycles. The second-order valence-corrected chi connectivity index (χ2v) is 5.17. The van der Waals surface area contributed by atoms with Gasteiger partial charge in [0.1, 0.15) is 11.5 Å². The number of H-pyrrole nitrogens is 1. The van der Waals surface area contributed by atoms with E-state index in [1.807, 2.05) is 13.0 Å². The molecule has 0 aliphatic carbocycles. The summed E-state index contributed by atoms with van der Waals surface area (Å²) in [7, 11) is 0. The van der Waals surface area contributed by atoms with Crippen LogP contribution in [0.1, 0.15) is 17.1 Å². The molecule has 0 aliphatic rings. The fourth-order valence-corrected chi connectivity index (χ4v) is 2.59. The molecule has 4 aromatic rings. The van der Waals surface area contributed by atoms with Crippen LogP contribution in [-0.2, 0) is 6.42 Å². The lowest BCUT2D eigenvalue weighted by Crippen LogP contribution is -1.91. The molecule has 4 rings (SSSR count). The molecule has 0 radical (unpaired) electrons. The van der Waals surface area contributed by atoms with Crippen LogP contribution in [0, 0.1) is 12.7 Å². The van der Waals surface area contributed by atoms with E-state index in [0.29, 0.717) is 29.3 Å². The van der Waals surface area contributed by atoms with Crippen molar-refractivity contribution in [3.05, 3.63) is 59.8 Å². The Morgan fingerprint density at radius 3 is 3.00 bits per heavy atom. The summed E-state index contributed by atoms with van der Waals surface area (Å²) in [5, 5.41) is 4.74. The van der Waals surface area contributed by atoms with Gasteiger partial charge >= 0.3 is 0 Å². The van der Waals surface area contributed by atoms with E-state index >= 15 is 0 Å². The second-order valence-electron chi connectivity index (χ2n) is 5.17. The molecule has 6 nitrogen and oxygen atoms in total. The van der Waals surface area contributed by atoms with E-state index in [1.54, 1.807) is 24.7 Å². The van der Waals surface area contributed by atoms with Gasteiger partial charge in [0.05, 0.1) is 18.1 Å². The molecule has 0 saturated heterocycles. The molecule has 0 aliphatic heterocycles. The van der Waals surface area contributed by atoms with Crippen molar-refractivity contribution in [2.75, 3.05) is 0 Å². The molecule has 0 unspecified atom stereocenters. The Labute approximate surface area is 130 Å². The van der Waals surface area contributed by atoms with Gasteiger partial charge in [-0.05, 0) is 18.6 Å². The van der Waals surface area contributed by atoms with Gasteiger partial charge in [-0.1, -0.05) is 17.3 Å². The van der Waals surface area contributed by atoms with Gasteiger partial charge in [-0.2, -0.15) is 4.98 Å². The highest BCUT2D eigenvalue weighted by Crippen LogP contribution is 2.26. The Kier molecular flexibility index (Phi) is 3.11. The monoisotopic (exact) mass is 309 g/mol. The number of aromatic nitrogens is 5. The van der Waals surface area contributed by atoms with Crippen molar-refractivity contribution in [3.8, 4) is 11.5 Å². The van der Waals surface area contributed by atoms with Crippen LogP contribution in [0.5, 0.6) is 0 Å². The highest BCUT2D eigenvalue weighted by molar-refractivity contribution is 5.85. The molecule has 7 heteroatoms. The number of rotatable bonds is 3. The number of nitrogens with one attached hydrogen (secondary N) is 1. The Bertz CT molecular complexity index is 977. The first-order chi connectivity index (χ1) is 11.2. The van der Waals surface area contributed by atoms with Crippen LogP contribution < -0.4 is 0 Å². The molecular weight excluding hydrogens is 297 g/mol. The average Bonchev–Trinajstić information content (AvgIpc) is 3.16. The fourth-order valence-electron chi connectivity index (χ4n) is 2.59. The standard InChI is InChI=1S/C16H12FN5O/c1-9-11(10-3-2-4-12(17)15(10)20-9)7-14-21-16(22-23-14)13-8-18-5-6-19-13/h2-6,8,20H,7H2,1H3. The van der Waals surface area contributed by atoms with E-state index in [2.05, 4.69) is 25.1 Å². The number of aryl methyl sites for hydroxylation is 1. The summed E-state index contributed by atoms with van der Waals surface area (Å²) in [6.45, 7) is 1.90. The quantitative estimate of drug-likeness (QED) is 0.629. The van der Waals surface area contributed by atoms with Crippen molar-refractivity contribution in [1.82, 2.24) is 25.1 Å². The fraction of sp³-hybridized carbons (Fsp3) is 0.125. The molecule has 0 bridgehead atoms. The first kappa shape index (κ1) is 13.6. The van der Waals surface area contributed by atoms with Crippen LogP contribution in [0.4, 0.5) is 4.39 Å². The summed E-state index contributed by atoms with van der Waals surface area (Å²) in [6.07, 6.45) is 5.13. The molecule has 1 N–H and O–H groups in total. The molecular formula is C16H12FN5O. The second kappa shape index (κ2) is 5.28. The number of fused-ring (bicyclic) bond motifs is 1. The number of hydrogen-bond donors (Lipinski definition) is 1. The van der Waals surface area contributed by atoms with Crippen LogP contribution in [-0.4, -0.2) is 25.1 Å². The highest BCUT2D eigenvalue weighted by Gasteiger charge is 2.16. The van der Waals surface area contributed by atoms with E-state index in [-0.39, 0.29) is 5.82 Å². The number of aromatic amines is 1. The summed E-state index contributed by atoms with van der Waals surface area (Å²) in [4.78, 5) is 15.5. The predicted octanol–water partition coefficient (Wildman–Crippen LogP) is 3.05. The lowest BCUT2D eigenvalue weighted by atomic mass is 10.1. The normalized spacial score (nSPS) is 11.2. The Morgan fingerprint density at radius 1 is 1.26 bits per heavy atom. The maximum Gasteiger partial charge on any atom is 0.231 e. The number of hydrogen-bond acceptors (Lipinski definition) is 5. The van der Waals surface area contributed by atoms with Crippen molar-refractivity contribution in [3.63, 3.8) is 0 Å².